The van der Waals surface area contributed by atoms with Crippen LogP contribution in [0.2, 0.25) is 0 Å². The fraction of sp³-hybridized carbons (Fsp3) is 0.571. The summed E-state index contributed by atoms with van der Waals surface area (Å²) in [6.45, 7) is 3.69. The molecule has 2 nitrogen and oxygen atoms in total. The minimum atomic E-state index is 0.00634. The smallest absolute Gasteiger partial charge is 0.112 e. The van der Waals surface area contributed by atoms with Crippen molar-refractivity contribution in [2.45, 2.75) is 37.9 Å². The van der Waals surface area contributed by atoms with E-state index in [-0.39, 0.29) is 11.7 Å². The Kier molecular flexibility index (Phi) is 2.49. The van der Waals surface area contributed by atoms with Crippen LogP contribution in [0.4, 0.5) is 0 Å². The average molecular weight is 218 g/mol. The second-order valence-corrected chi connectivity index (χ2v) is 5.13. The zero-order chi connectivity index (χ0) is 11.0. The molecule has 3 rings (SSSR count). The maximum absolute atomic E-state index is 6.01. The van der Waals surface area contributed by atoms with Crippen molar-refractivity contribution in [2.75, 3.05) is 13.2 Å². The van der Waals surface area contributed by atoms with Gasteiger partial charge in [0.05, 0.1) is 19.3 Å². The first-order chi connectivity index (χ1) is 7.77. The van der Waals surface area contributed by atoms with Crippen LogP contribution in [0, 0.1) is 0 Å². The lowest BCUT2D eigenvalue weighted by molar-refractivity contribution is 0.0112. The number of fused-ring (bicyclic) bond motifs is 1. The van der Waals surface area contributed by atoms with Crippen LogP contribution in [0.3, 0.4) is 0 Å². The standard InChI is InChI=1S/C14H18O2/c1-14(10-16-14)9-15-13-8-4-6-11-5-2-3-7-12(11)13/h2-3,5,7,13H,4,6,8-10H2,1H3. The Labute approximate surface area is 96.6 Å². The first kappa shape index (κ1) is 10.3. The summed E-state index contributed by atoms with van der Waals surface area (Å²) in [5.41, 5.74) is 2.85. The topological polar surface area (TPSA) is 21.8 Å². The van der Waals surface area contributed by atoms with Crippen molar-refractivity contribution >= 4 is 0 Å². The van der Waals surface area contributed by atoms with Crippen LogP contribution in [0.1, 0.15) is 37.0 Å². The van der Waals surface area contributed by atoms with Gasteiger partial charge < -0.3 is 9.47 Å². The molecule has 0 saturated carbocycles. The van der Waals surface area contributed by atoms with Crippen LogP contribution in [-0.2, 0) is 15.9 Å². The highest BCUT2D eigenvalue weighted by Gasteiger charge is 2.40. The molecule has 0 aromatic heterocycles. The molecule has 1 aromatic rings. The van der Waals surface area contributed by atoms with Crippen molar-refractivity contribution in [2.24, 2.45) is 0 Å². The molecule has 0 N–H and O–H groups in total. The van der Waals surface area contributed by atoms with Crippen LogP contribution < -0.4 is 0 Å². The Hall–Kier alpha value is -0.860. The van der Waals surface area contributed by atoms with Gasteiger partial charge in [0.25, 0.3) is 0 Å². The molecule has 1 aliphatic carbocycles. The van der Waals surface area contributed by atoms with Gasteiger partial charge in [0.1, 0.15) is 5.60 Å². The highest BCUT2D eigenvalue weighted by molar-refractivity contribution is 5.31. The number of hydrogen-bond donors (Lipinski definition) is 0. The first-order valence-corrected chi connectivity index (χ1v) is 6.10. The SMILES string of the molecule is CC1(COC2CCCc3ccccc32)CO1. The van der Waals surface area contributed by atoms with Gasteiger partial charge in [0.15, 0.2) is 0 Å². The molecule has 1 saturated heterocycles. The Balaban J connectivity index is 1.71. The van der Waals surface area contributed by atoms with E-state index in [9.17, 15) is 0 Å². The van der Waals surface area contributed by atoms with Crippen LogP contribution in [0.25, 0.3) is 0 Å². The van der Waals surface area contributed by atoms with Crippen LogP contribution in [-0.4, -0.2) is 18.8 Å². The molecule has 1 aromatic carbocycles. The monoisotopic (exact) mass is 218 g/mol. The van der Waals surface area contributed by atoms with Crippen molar-refractivity contribution in [1.29, 1.82) is 0 Å². The Morgan fingerprint density at radius 1 is 1.44 bits per heavy atom. The fourth-order valence-electron chi connectivity index (χ4n) is 2.37. The molecule has 0 radical (unpaired) electrons. The molecular weight excluding hydrogens is 200 g/mol. The molecule has 2 aliphatic rings. The van der Waals surface area contributed by atoms with Gasteiger partial charge in [-0.05, 0) is 37.3 Å². The van der Waals surface area contributed by atoms with E-state index in [1.54, 1.807) is 0 Å². The predicted octanol–water partition coefficient (Wildman–Crippen LogP) is 2.87. The number of ether oxygens (including phenoxy) is 2. The highest BCUT2D eigenvalue weighted by Crippen LogP contribution is 2.35. The van der Waals surface area contributed by atoms with Gasteiger partial charge in [-0.3, -0.25) is 0 Å². The Morgan fingerprint density at radius 3 is 3.06 bits per heavy atom. The molecule has 0 amide bonds. The fourth-order valence-corrected chi connectivity index (χ4v) is 2.37. The van der Waals surface area contributed by atoms with Crippen LogP contribution in [0.15, 0.2) is 24.3 Å². The van der Waals surface area contributed by atoms with Crippen molar-refractivity contribution in [3.63, 3.8) is 0 Å². The van der Waals surface area contributed by atoms with Gasteiger partial charge in [-0.15, -0.1) is 0 Å². The third-order valence-electron chi connectivity index (χ3n) is 3.54. The lowest BCUT2D eigenvalue weighted by Crippen LogP contribution is -2.20. The normalized spacial score (nSPS) is 32.2. The van der Waals surface area contributed by atoms with Crippen LogP contribution in [0.5, 0.6) is 0 Å². The van der Waals surface area contributed by atoms with E-state index < -0.39 is 0 Å². The van der Waals surface area contributed by atoms with E-state index in [1.807, 2.05) is 0 Å². The van der Waals surface area contributed by atoms with Crippen LogP contribution >= 0.6 is 0 Å². The van der Waals surface area contributed by atoms with Crippen molar-refractivity contribution in [1.82, 2.24) is 0 Å². The Bertz CT molecular complexity index is 382. The molecule has 1 heterocycles. The minimum Gasteiger partial charge on any atom is -0.370 e. The molecule has 1 fully saturated rings. The van der Waals surface area contributed by atoms with E-state index >= 15 is 0 Å². The van der Waals surface area contributed by atoms with E-state index in [4.69, 9.17) is 9.47 Å². The van der Waals surface area contributed by atoms with Gasteiger partial charge in [-0.25, -0.2) is 0 Å². The molecule has 0 bridgehead atoms. The largest absolute Gasteiger partial charge is 0.370 e. The third-order valence-corrected chi connectivity index (χ3v) is 3.54. The van der Waals surface area contributed by atoms with E-state index in [2.05, 4.69) is 31.2 Å². The van der Waals surface area contributed by atoms with Gasteiger partial charge >= 0.3 is 0 Å². The average Bonchev–Trinajstić information content (AvgIpc) is 3.05. The van der Waals surface area contributed by atoms with Gasteiger partial charge in [0, 0.05) is 0 Å². The minimum absolute atomic E-state index is 0.00634. The number of aryl methyl sites for hydroxylation is 1. The van der Waals surface area contributed by atoms with Gasteiger partial charge in [-0.1, -0.05) is 24.3 Å². The number of hydrogen-bond acceptors (Lipinski definition) is 2. The zero-order valence-corrected chi connectivity index (χ0v) is 9.74. The third kappa shape index (κ3) is 2.00. The number of epoxide rings is 1. The second-order valence-electron chi connectivity index (χ2n) is 5.13. The summed E-state index contributed by atoms with van der Waals surface area (Å²) in [5.74, 6) is 0. The second kappa shape index (κ2) is 3.86. The highest BCUT2D eigenvalue weighted by atomic mass is 16.6. The summed E-state index contributed by atoms with van der Waals surface area (Å²) >= 11 is 0. The van der Waals surface area contributed by atoms with E-state index in [1.165, 1.54) is 24.0 Å². The van der Waals surface area contributed by atoms with Gasteiger partial charge in [0.2, 0.25) is 0 Å². The van der Waals surface area contributed by atoms with Crippen molar-refractivity contribution < 1.29 is 9.47 Å². The summed E-state index contributed by atoms with van der Waals surface area (Å²) < 4.78 is 11.4. The van der Waals surface area contributed by atoms with E-state index in [0.29, 0.717) is 0 Å². The molecule has 2 atom stereocenters. The summed E-state index contributed by atoms with van der Waals surface area (Å²) in [7, 11) is 0. The molecule has 16 heavy (non-hydrogen) atoms. The summed E-state index contributed by atoms with van der Waals surface area (Å²) in [4.78, 5) is 0. The maximum Gasteiger partial charge on any atom is 0.112 e. The molecular formula is C14H18O2. The maximum atomic E-state index is 6.01. The summed E-state index contributed by atoms with van der Waals surface area (Å²) in [5, 5.41) is 0. The Morgan fingerprint density at radius 2 is 2.25 bits per heavy atom. The quantitative estimate of drug-likeness (QED) is 0.728. The number of benzene rings is 1. The van der Waals surface area contributed by atoms with E-state index in [0.717, 1.165) is 19.6 Å². The van der Waals surface area contributed by atoms with Crippen molar-refractivity contribution in [3.05, 3.63) is 35.4 Å². The molecule has 2 unspecified atom stereocenters. The summed E-state index contributed by atoms with van der Waals surface area (Å²) in [6.07, 6.45) is 3.86. The van der Waals surface area contributed by atoms with Crippen molar-refractivity contribution in [3.8, 4) is 0 Å². The van der Waals surface area contributed by atoms with Gasteiger partial charge in [-0.2, -0.15) is 0 Å². The molecule has 86 valence electrons. The number of rotatable bonds is 3. The molecule has 1 aliphatic heterocycles. The lowest BCUT2D eigenvalue weighted by atomic mass is 9.89. The summed E-state index contributed by atoms with van der Waals surface area (Å²) in [6, 6.07) is 8.65. The molecule has 0 spiro atoms. The first-order valence-electron chi connectivity index (χ1n) is 6.10. The molecule has 2 heteroatoms. The zero-order valence-electron chi connectivity index (χ0n) is 9.74. The lowest BCUT2D eigenvalue weighted by Gasteiger charge is -2.26. The predicted molar refractivity (Wildman–Crippen MR) is 62.4 cm³/mol.